The van der Waals surface area contributed by atoms with Gasteiger partial charge in [-0.05, 0) is 56.0 Å². The fourth-order valence-electron chi connectivity index (χ4n) is 3.06. The number of amides is 2. The fourth-order valence-corrected chi connectivity index (χ4v) is 4.06. The molecule has 3 rings (SSSR count). The van der Waals surface area contributed by atoms with E-state index >= 15 is 0 Å². The molecule has 1 saturated heterocycles. The molecule has 1 fully saturated rings. The van der Waals surface area contributed by atoms with Gasteiger partial charge in [0, 0.05) is 23.5 Å². The first-order chi connectivity index (χ1) is 12.5. The van der Waals surface area contributed by atoms with Crippen molar-refractivity contribution in [3.8, 4) is 0 Å². The van der Waals surface area contributed by atoms with Crippen LogP contribution in [0.25, 0.3) is 0 Å². The number of anilines is 1. The van der Waals surface area contributed by atoms with E-state index in [9.17, 15) is 9.59 Å². The van der Waals surface area contributed by atoms with Crippen molar-refractivity contribution < 1.29 is 9.59 Å². The highest BCUT2D eigenvalue weighted by atomic mass is 32.1. The maximum absolute atomic E-state index is 12.3. The molecular weight excluding hydrogens is 346 g/mol. The van der Waals surface area contributed by atoms with E-state index in [1.54, 1.807) is 4.90 Å². The maximum Gasteiger partial charge on any atom is 0.281 e. The highest BCUT2D eigenvalue weighted by Crippen LogP contribution is 2.23. The first kappa shape index (κ1) is 18.3. The van der Waals surface area contributed by atoms with Crippen molar-refractivity contribution in [3.63, 3.8) is 0 Å². The zero-order valence-corrected chi connectivity index (χ0v) is 16.2. The zero-order valence-electron chi connectivity index (χ0n) is 15.3. The molecule has 0 aliphatic carbocycles. The second-order valence-corrected chi connectivity index (χ2v) is 7.54. The second-order valence-electron chi connectivity index (χ2n) is 6.41. The molecule has 136 valence electrons. The number of rotatable bonds is 5. The molecule has 2 heterocycles. The molecule has 2 aromatic rings. The van der Waals surface area contributed by atoms with Crippen molar-refractivity contribution in [1.82, 2.24) is 5.43 Å². The van der Waals surface area contributed by atoms with E-state index in [2.05, 4.69) is 17.5 Å². The summed E-state index contributed by atoms with van der Waals surface area (Å²) < 4.78 is 0. The molecule has 0 bridgehead atoms. The molecule has 0 saturated carbocycles. The number of carbonyl (C=O) groups is 2. The van der Waals surface area contributed by atoms with E-state index in [4.69, 9.17) is 0 Å². The summed E-state index contributed by atoms with van der Waals surface area (Å²) in [7, 11) is 0. The third kappa shape index (κ3) is 3.85. The number of nitrogens with one attached hydrogen (secondary N) is 1. The van der Waals surface area contributed by atoms with Crippen LogP contribution in [0.5, 0.6) is 0 Å². The summed E-state index contributed by atoms with van der Waals surface area (Å²) in [6.45, 7) is 6.71. The summed E-state index contributed by atoms with van der Waals surface area (Å²) in [6.07, 6.45) is 2.42. The number of hydrazone groups is 1. The van der Waals surface area contributed by atoms with Crippen LogP contribution in [0.3, 0.4) is 0 Å². The zero-order chi connectivity index (χ0) is 18.7. The summed E-state index contributed by atoms with van der Waals surface area (Å²) in [5, 5.41) is 4.24. The molecule has 26 heavy (non-hydrogen) atoms. The number of hydrogen-bond donors (Lipinski definition) is 1. The Labute approximate surface area is 157 Å². The van der Waals surface area contributed by atoms with Crippen LogP contribution in [0.4, 0.5) is 5.69 Å². The summed E-state index contributed by atoms with van der Waals surface area (Å²) in [6, 6.07) is 9.62. The van der Waals surface area contributed by atoms with Gasteiger partial charge in [-0.25, -0.2) is 5.43 Å². The molecule has 0 unspecified atom stereocenters. The molecule has 5 nitrogen and oxygen atoms in total. The van der Waals surface area contributed by atoms with Crippen molar-refractivity contribution in [1.29, 1.82) is 0 Å². The van der Waals surface area contributed by atoms with Gasteiger partial charge in [0.1, 0.15) is 0 Å². The van der Waals surface area contributed by atoms with Gasteiger partial charge in [-0.15, -0.1) is 11.3 Å². The van der Waals surface area contributed by atoms with Crippen LogP contribution in [0.15, 0.2) is 35.4 Å². The Morgan fingerprint density at radius 2 is 2.15 bits per heavy atom. The van der Waals surface area contributed by atoms with Crippen LogP contribution < -0.4 is 10.3 Å². The van der Waals surface area contributed by atoms with Gasteiger partial charge < -0.3 is 4.90 Å². The molecule has 1 aliphatic rings. The normalized spacial score (nSPS) is 14.8. The Hall–Kier alpha value is -2.47. The lowest BCUT2D eigenvalue weighted by Gasteiger charge is -2.16. The van der Waals surface area contributed by atoms with Gasteiger partial charge in [0.2, 0.25) is 5.91 Å². The molecule has 0 spiro atoms. The van der Waals surface area contributed by atoms with Crippen LogP contribution >= 0.6 is 11.3 Å². The van der Waals surface area contributed by atoms with Gasteiger partial charge in [0.05, 0.1) is 10.6 Å². The standard InChI is InChI=1S/C20H23N3O2S/c1-4-17-13(2)11-18(26-17)20(25)22-21-14(3)15-7-5-8-16(12-15)23-10-6-9-19(23)24/h5,7-8,11-12H,4,6,9-10H2,1-3H3,(H,22,25)/b21-14-. The lowest BCUT2D eigenvalue weighted by Crippen LogP contribution is -2.24. The summed E-state index contributed by atoms with van der Waals surface area (Å²) in [4.78, 5) is 27.9. The predicted octanol–water partition coefficient (Wildman–Crippen LogP) is 3.90. The average Bonchev–Trinajstić information content (AvgIpc) is 3.24. The number of benzene rings is 1. The molecule has 1 N–H and O–H groups in total. The molecule has 2 amide bonds. The topological polar surface area (TPSA) is 61.8 Å². The Bertz CT molecular complexity index is 870. The minimum absolute atomic E-state index is 0.157. The average molecular weight is 369 g/mol. The third-order valence-electron chi connectivity index (χ3n) is 4.54. The number of carbonyl (C=O) groups excluding carboxylic acids is 2. The van der Waals surface area contributed by atoms with Crippen LogP contribution in [0.1, 0.15) is 52.4 Å². The molecule has 1 aliphatic heterocycles. The van der Waals surface area contributed by atoms with E-state index in [0.717, 1.165) is 36.2 Å². The quantitative estimate of drug-likeness (QED) is 0.642. The Kier molecular flexibility index (Phi) is 5.52. The number of thiophene rings is 1. The molecule has 0 atom stereocenters. The predicted molar refractivity (Wildman–Crippen MR) is 106 cm³/mol. The summed E-state index contributed by atoms with van der Waals surface area (Å²) >= 11 is 1.51. The van der Waals surface area contributed by atoms with Gasteiger partial charge in [-0.2, -0.15) is 5.10 Å². The van der Waals surface area contributed by atoms with Crippen LogP contribution in [0, 0.1) is 6.92 Å². The fraction of sp³-hybridized carbons (Fsp3) is 0.350. The highest BCUT2D eigenvalue weighted by molar-refractivity contribution is 7.14. The third-order valence-corrected chi connectivity index (χ3v) is 5.92. The number of nitrogens with zero attached hydrogens (tertiary/aromatic N) is 2. The van der Waals surface area contributed by atoms with Gasteiger partial charge in [0.15, 0.2) is 0 Å². The number of aryl methyl sites for hydroxylation is 2. The van der Waals surface area contributed by atoms with Crippen LogP contribution in [0.2, 0.25) is 0 Å². The van der Waals surface area contributed by atoms with E-state index in [0.29, 0.717) is 17.0 Å². The van der Waals surface area contributed by atoms with Crippen molar-refractivity contribution in [2.75, 3.05) is 11.4 Å². The highest BCUT2D eigenvalue weighted by Gasteiger charge is 2.21. The van der Waals surface area contributed by atoms with E-state index in [-0.39, 0.29) is 11.8 Å². The first-order valence-electron chi connectivity index (χ1n) is 8.84. The smallest absolute Gasteiger partial charge is 0.281 e. The Morgan fingerprint density at radius 1 is 1.35 bits per heavy atom. The second kappa shape index (κ2) is 7.83. The van der Waals surface area contributed by atoms with Crippen molar-refractivity contribution >= 4 is 34.6 Å². The molecule has 0 radical (unpaired) electrons. The summed E-state index contributed by atoms with van der Waals surface area (Å²) in [5.74, 6) is -0.0344. The van der Waals surface area contributed by atoms with Crippen molar-refractivity contribution in [2.24, 2.45) is 5.10 Å². The minimum atomic E-state index is -0.192. The van der Waals surface area contributed by atoms with Crippen molar-refractivity contribution in [2.45, 2.75) is 40.0 Å². The molecule has 6 heteroatoms. The Morgan fingerprint density at radius 3 is 2.81 bits per heavy atom. The SMILES string of the molecule is CCc1sc(C(=O)N/N=C(/C)c2cccc(N3CCCC3=O)c2)cc1C. The lowest BCUT2D eigenvalue weighted by molar-refractivity contribution is -0.117. The van der Waals surface area contributed by atoms with Gasteiger partial charge in [-0.3, -0.25) is 9.59 Å². The molecule has 1 aromatic carbocycles. The van der Waals surface area contributed by atoms with Gasteiger partial charge in [-0.1, -0.05) is 19.1 Å². The van der Waals surface area contributed by atoms with Gasteiger partial charge >= 0.3 is 0 Å². The lowest BCUT2D eigenvalue weighted by atomic mass is 10.1. The summed E-state index contributed by atoms with van der Waals surface area (Å²) in [5.41, 5.74) is 6.26. The molecular formula is C20H23N3O2S. The first-order valence-corrected chi connectivity index (χ1v) is 9.66. The van der Waals surface area contributed by atoms with E-state index in [1.807, 2.05) is 44.2 Å². The monoisotopic (exact) mass is 369 g/mol. The van der Waals surface area contributed by atoms with Crippen molar-refractivity contribution in [3.05, 3.63) is 51.2 Å². The van der Waals surface area contributed by atoms with Crippen LogP contribution in [-0.2, 0) is 11.2 Å². The minimum Gasteiger partial charge on any atom is -0.312 e. The van der Waals surface area contributed by atoms with Gasteiger partial charge in [0.25, 0.3) is 5.91 Å². The van der Waals surface area contributed by atoms with E-state index in [1.165, 1.54) is 16.2 Å². The number of hydrogen-bond acceptors (Lipinski definition) is 4. The molecule has 1 aromatic heterocycles. The Balaban J connectivity index is 1.73. The maximum atomic E-state index is 12.3. The van der Waals surface area contributed by atoms with E-state index < -0.39 is 0 Å². The van der Waals surface area contributed by atoms with Crippen LogP contribution in [-0.4, -0.2) is 24.1 Å². The largest absolute Gasteiger partial charge is 0.312 e.